The Morgan fingerprint density at radius 3 is 3.00 bits per heavy atom. The molecule has 0 bridgehead atoms. The van der Waals surface area contributed by atoms with Crippen molar-refractivity contribution in [1.82, 2.24) is 4.98 Å². The van der Waals surface area contributed by atoms with Crippen LogP contribution in [0.3, 0.4) is 0 Å². The number of carbonyl (C=O) groups excluding carboxylic acids is 1. The average molecular weight is 390 g/mol. The lowest BCUT2D eigenvalue weighted by Crippen LogP contribution is -2.15. The first kappa shape index (κ1) is 17.5. The first-order valence-corrected chi connectivity index (χ1v) is 9.76. The monoisotopic (exact) mass is 389 g/mol. The molecule has 1 fully saturated rings. The van der Waals surface area contributed by atoms with E-state index in [9.17, 15) is 9.18 Å². The summed E-state index contributed by atoms with van der Waals surface area (Å²) in [6.45, 7) is 0. The third-order valence-electron chi connectivity index (χ3n) is 4.97. The molecule has 2 aliphatic rings. The van der Waals surface area contributed by atoms with E-state index in [1.807, 2.05) is 0 Å². The van der Waals surface area contributed by atoms with Gasteiger partial charge in [0.05, 0.1) is 10.6 Å². The number of carbonyl (C=O) groups is 1. The highest BCUT2D eigenvalue weighted by atomic mass is 35.5. The molecule has 0 spiro atoms. The average Bonchev–Trinajstić information content (AvgIpc) is 3.31. The Kier molecular flexibility index (Phi) is 4.49. The minimum atomic E-state index is -0.560. The smallest absolute Gasteiger partial charge is 0.185 e. The molecule has 1 aromatic heterocycles. The first-order valence-electron chi connectivity index (χ1n) is 8.40. The van der Waals surface area contributed by atoms with E-state index < -0.39 is 5.54 Å². The van der Waals surface area contributed by atoms with Crippen molar-refractivity contribution >= 4 is 34.3 Å². The van der Waals surface area contributed by atoms with Crippen molar-refractivity contribution in [2.24, 2.45) is 16.6 Å². The minimum Gasteiger partial charge on any atom is -0.379 e. The number of nitrogens with zero attached hydrogens (tertiary/aromatic N) is 2. The van der Waals surface area contributed by atoms with Crippen LogP contribution in [0.25, 0.3) is 0 Å². The highest BCUT2D eigenvalue weighted by molar-refractivity contribution is 8.13. The molecule has 1 aliphatic heterocycles. The molecule has 0 radical (unpaired) electrons. The van der Waals surface area contributed by atoms with Crippen molar-refractivity contribution in [3.8, 4) is 0 Å². The SMILES string of the molecule is NC1=N[C@@]2(c3cc(CC(=O)c4ccc(Cl)cn4)ccc3F)C[C@H]2CCS1. The number of benzene rings is 1. The molecule has 4 nitrogen and oxygen atoms in total. The quantitative estimate of drug-likeness (QED) is 0.803. The van der Waals surface area contributed by atoms with Gasteiger partial charge in [0.1, 0.15) is 11.5 Å². The van der Waals surface area contributed by atoms with Gasteiger partial charge in [-0.2, -0.15) is 0 Å². The summed E-state index contributed by atoms with van der Waals surface area (Å²) in [5.41, 5.74) is 7.02. The van der Waals surface area contributed by atoms with E-state index in [1.54, 1.807) is 24.3 Å². The number of ketones is 1. The largest absolute Gasteiger partial charge is 0.379 e. The van der Waals surface area contributed by atoms with Gasteiger partial charge in [-0.05, 0) is 48.6 Å². The van der Waals surface area contributed by atoms with E-state index in [4.69, 9.17) is 17.3 Å². The van der Waals surface area contributed by atoms with Crippen molar-refractivity contribution in [3.63, 3.8) is 0 Å². The highest BCUT2D eigenvalue weighted by Gasteiger charge is 2.57. The van der Waals surface area contributed by atoms with Crippen LogP contribution in [0.5, 0.6) is 0 Å². The summed E-state index contributed by atoms with van der Waals surface area (Å²) in [4.78, 5) is 21.1. The Morgan fingerprint density at radius 2 is 2.23 bits per heavy atom. The van der Waals surface area contributed by atoms with Crippen LogP contribution in [0.1, 0.15) is 34.5 Å². The minimum absolute atomic E-state index is 0.136. The van der Waals surface area contributed by atoms with Gasteiger partial charge in [-0.1, -0.05) is 29.4 Å². The van der Waals surface area contributed by atoms with Crippen molar-refractivity contribution in [1.29, 1.82) is 0 Å². The zero-order valence-electron chi connectivity index (χ0n) is 13.9. The molecule has 0 saturated heterocycles. The Morgan fingerprint density at radius 1 is 1.38 bits per heavy atom. The zero-order valence-corrected chi connectivity index (χ0v) is 15.5. The van der Waals surface area contributed by atoms with Gasteiger partial charge in [-0.25, -0.2) is 4.39 Å². The van der Waals surface area contributed by atoms with Crippen LogP contribution >= 0.6 is 23.4 Å². The van der Waals surface area contributed by atoms with Gasteiger partial charge in [-0.3, -0.25) is 14.8 Å². The molecule has 134 valence electrons. The second-order valence-electron chi connectivity index (χ2n) is 6.69. The maximum atomic E-state index is 14.6. The van der Waals surface area contributed by atoms with Gasteiger partial charge in [-0.15, -0.1) is 0 Å². The third kappa shape index (κ3) is 3.23. The lowest BCUT2D eigenvalue weighted by molar-refractivity contribution is 0.0988. The number of hydrogen-bond acceptors (Lipinski definition) is 5. The summed E-state index contributed by atoms with van der Waals surface area (Å²) in [5.74, 6) is 0.791. The molecule has 2 aromatic rings. The molecule has 2 atom stereocenters. The summed E-state index contributed by atoms with van der Waals surface area (Å²) in [7, 11) is 0. The highest BCUT2D eigenvalue weighted by Crippen LogP contribution is 2.59. The van der Waals surface area contributed by atoms with E-state index in [2.05, 4.69) is 9.98 Å². The number of hydrogen-bond donors (Lipinski definition) is 1. The van der Waals surface area contributed by atoms with Crippen LogP contribution in [0.4, 0.5) is 4.39 Å². The van der Waals surface area contributed by atoms with Crippen molar-refractivity contribution in [2.45, 2.75) is 24.8 Å². The number of aliphatic imine (C=N–C) groups is 1. The van der Waals surface area contributed by atoms with E-state index >= 15 is 0 Å². The summed E-state index contributed by atoms with van der Waals surface area (Å²) in [5, 5.41) is 0.988. The van der Waals surface area contributed by atoms with Gasteiger partial charge in [0.15, 0.2) is 11.0 Å². The molecule has 4 rings (SSSR count). The van der Waals surface area contributed by atoms with Gasteiger partial charge in [0.25, 0.3) is 0 Å². The maximum absolute atomic E-state index is 14.6. The predicted octanol–water partition coefficient (Wildman–Crippen LogP) is 3.97. The number of rotatable bonds is 4. The standard InChI is InChI=1S/C19H17ClFN3OS/c20-13-2-4-16(23-10-13)17(25)8-11-1-3-15(21)14(7-11)19-9-12(19)5-6-26-18(22)24-19/h1-4,7,10,12H,5-6,8-9H2,(H2,22,24)/t12-,19+/m1/s1. The van der Waals surface area contributed by atoms with Crippen LogP contribution in [0.15, 0.2) is 41.5 Å². The van der Waals surface area contributed by atoms with E-state index in [-0.39, 0.29) is 18.0 Å². The predicted molar refractivity (Wildman–Crippen MR) is 102 cm³/mol. The van der Waals surface area contributed by atoms with Gasteiger partial charge >= 0.3 is 0 Å². The molecule has 26 heavy (non-hydrogen) atoms. The summed E-state index contributed by atoms with van der Waals surface area (Å²) in [6.07, 6.45) is 3.36. The van der Waals surface area contributed by atoms with Crippen LogP contribution in [-0.2, 0) is 12.0 Å². The third-order valence-corrected chi connectivity index (χ3v) is 6.02. The van der Waals surface area contributed by atoms with Crippen LogP contribution < -0.4 is 5.73 Å². The van der Waals surface area contributed by atoms with Crippen molar-refractivity contribution < 1.29 is 9.18 Å². The van der Waals surface area contributed by atoms with Gasteiger partial charge in [0.2, 0.25) is 0 Å². The number of halogens is 2. The van der Waals surface area contributed by atoms with E-state index in [0.29, 0.717) is 27.4 Å². The maximum Gasteiger partial charge on any atom is 0.185 e. The number of aromatic nitrogens is 1. The van der Waals surface area contributed by atoms with Crippen molar-refractivity contribution in [3.05, 3.63) is 64.2 Å². The summed E-state index contributed by atoms with van der Waals surface area (Å²) in [6, 6.07) is 8.04. The molecule has 0 amide bonds. The van der Waals surface area contributed by atoms with E-state index in [1.165, 1.54) is 24.0 Å². The Balaban J connectivity index is 1.62. The number of fused-ring (bicyclic) bond motifs is 1. The molecule has 0 unspecified atom stereocenters. The molecular formula is C19H17ClFN3OS. The fourth-order valence-corrected chi connectivity index (χ4v) is 4.50. The molecule has 7 heteroatoms. The van der Waals surface area contributed by atoms with Crippen LogP contribution in [-0.4, -0.2) is 21.7 Å². The second kappa shape index (κ2) is 6.67. The lowest BCUT2D eigenvalue weighted by atomic mass is 9.96. The molecular weight excluding hydrogens is 373 g/mol. The molecule has 1 aromatic carbocycles. The number of pyridine rings is 1. The van der Waals surface area contributed by atoms with Crippen LogP contribution in [0, 0.1) is 11.7 Å². The molecule has 1 saturated carbocycles. The normalized spacial score (nSPS) is 24.4. The Labute approximate surface area is 160 Å². The van der Waals surface area contributed by atoms with E-state index in [0.717, 1.165) is 24.2 Å². The number of nitrogens with two attached hydrogens (primary N) is 1. The molecule has 2 N–H and O–H groups in total. The van der Waals surface area contributed by atoms with Gasteiger partial charge < -0.3 is 5.73 Å². The lowest BCUT2D eigenvalue weighted by Gasteiger charge is -2.15. The second-order valence-corrected chi connectivity index (χ2v) is 8.24. The number of Topliss-reactive ketones (excluding diaryl/α,β-unsaturated/α-hetero) is 1. The fraction of sp³-hybridized carbons (Fsp3) is 0.316. The number of amidine groups is 1. The Hall–Kier alpha value is -1.92. The van der Waals surface area contributed by atoms with Gasteiger partial charge in [0, 0.05) is 23.9 Å². The fourth-order valence-electron chi connectivity index (χ4n) is 3.55. The number of thioether (sulfide) groups is 1. The summed E-state index contributed by atoms with van der Waals surface area (Å²) >= 11 is 7.32. The zero-order chi connectivity index (χ0) is 18.3. The topological polar surface area (TPSA) is 68.3 Å². The molecule has 1 aliphatic carbocycles. The van der Waals surface area contributed by atoms with Crippen LogP contribution in [0.2, 0.25) is 5.02 Å². The van der Waals surface area contributed by atoms with Crippen molar-refractivity contribution in [2.75, 3.05) is 5.75 Å². The first-order chi connectivity index (χ1) is 12.5. The summed E-state index contributed by atoms with van der Waals surface area (Å²) < 4.78 is 14.6. The Bertz CT molecular complexity index is 902. The molecule has 2 heterocycles.